The van der Waals surface area contributed by atoms with Gasteiger partial charge in [-0.3, -0.25) is 0 Å². The summed E-state index contributed by atoms with van der Waals surface area (Å²) in [5.41, 5.74) is -0.0458. The fourth-order valence-electron chi connectivity index (χ4n) is 1.06. The summed E-state index contributed by atoms with van der Waals surface area (Å²) < 4.78 is 27.3. The molecule has 0 saturated carbocycles. The van der Waals surface area contributed by atoms with Crippen LogP contribution in [0.1, 0.15) is 12.0 Å². The first-order valence-electron chi connectivity index (χ1n) is 4.03. The summed E-state index contributed by atoms with van der Waals surface area (Å²) >= 11 is 3.13. The summed E-state index contributed by atoms with van der Waals surface area (Å²) in [6, 6.07) is 6.00. The highest BCUT2D eigenvalue weighted by Gasteiger charge is 2.32. The van der Waals surface area contributed by atoms with E-state index >= 15 is 0 Å². The van der Waals surface area contributed by atoms with E-state index in [1.165, 1.54) is 12.1 Å². The molecular weight excluding hydrogens is 252 g/mol. The molecule has 0 unspecified atom stereocenters. The molecule has 0 N–H and O–H groups in total. The Balaban J connectivity index is 2.87. The van der Waals surface area contributed by atoms with Crippen LogP contribution in [0.4, 0.5) is 8.78 Å². The van der Waals surface area contributed by atoms with Gasteiger partial charge in [0.05, 0.1) is 6.42 Å². The average Bonchev–Trinajstić information content (AvgIpc) is 2.15. The lowest BCUT2D eigenvalue weighted by atomic mass is 10.1. The van der Waals surface area contributed by atoms with Crippen molar-refractivity contribution in [3.8, 4) is 0 Å². The minimum atomic E-state index is -2.91. The molecule has 0 aromatic heterocycles. The zero-order chi connectivity index (χ0) is 10.6. The van der Waals surface area contributed by atoms with Crippen molar-refractivity contribution < 1.29 is 8.78 Å². The molecule has 0 fully saturated rings. The topological polar surface area (TPSA) is 4.36 Å². The number of benzene rings is 1. The molecule has 0 aliphatic heterocycles. The van der Waals surface area contributed by atoms with Gasteiger partial charge >= 0.3 is 0 Å². The zero-order valence-corrected chi connectivity index (χ0v) is 8.89. The van der Waals surface area contributed by atoms with E-state index in [2.05, 4.69) is 20.8 Å². The van der Waals surface area contributed by atoms with Crippen LogP contribution >= 0.6 is 15.9 Å². The highest BCUT2D eigenvalue weighted by molar-refractivity contribution is 9.10. The summed E-state index contributed by atoms with van der Waals surface area (Å²) in [5.74, 6) is -2.91. The molecule has 1 aromatic carbocycles. The molecule has 74 valence electrons. The van der Waals surface area contributed by atoms with E-state index < -0.39 is 12.3 Å². The third-order valence-corrected chi connectivity index (χ3v) is 2.28. The predicted octanol–water partition coefficient (Wildman–Crippen LogP) is 3.85. The summed E-state index contributed by atoms with van der Waals surface area (Å²) in [6.45, 7) is 6.32. The Kier molecular flexibility index (Phi) is 3.59. The summed E-state index contributed by atoms with van der Waals surface area (Å²) in [5, 5.41) is 0. The van der Waals surface area contributed by atoms with Crippen LogP contribution in [-0.2, 0) is 5.92 Å². The molecular formula is C10H8BrF2N. The van der Waals surface area contributed by atoms with Gasteiger partial charge < -0.3 is 4.85 Å². The molecule has 0 amide bonds. The van der Waals surface area contributed by atoms with Crippen LogP contribution in [0.5, 0.6) is 0 Å². The maximum atomic E-state index is 13.4. The zero-order valence-electron chi connectivity index (χ0n) is 7.30. The Morgan fingerprint density at radius 1 is 1.43 bits per heavy atom. The van der Waals surface area contributed by atoms with Crippen molar-refractivity contribution in [1.29, 1.82) is 0 Å². The third kappa shape index (κ3) is 2.78. The molecule has 0 saturated heterocycles. The molecule has 1 aromatic rings. The number of nitrogens with zero attached hydrogens (tertiary/aromatic N) is 1. The van der Waals surface area contributed by atoms with Crippen LogP contribution in [0.15, 0.2) is 28.7 Å². The van der Waals surface area contributed by atoms with Gasteiger partial charge in [0.15, 0.2) is 0 Å². The Morgan fingerprint density at radius 2 is 2.14 bits per heavy atom. The number of rotatable bonds is 3. The average molecular weight is 260 g/mol. The standard InChI is InChI=1S/C10H8BrF2N/c1-14-6-5-10(12,13)8-3-2-4-9(11)7-8/h2-4,7H,5-6H2. The van der Waals surface area contributed by atoms with Crippen LogP contribution in [0.3, 0.4) is 0 Å². The van der Waals surface area contributed by atoms with Crippen LogP contribution in [0, 0.1) is 6.57 Å². The fourth-order valence-corrected chi connectivity index (χ4v) is 1.46. The molecule has 0 radical (unpaired) electrons. The molecule has 1 nitrogen and oxygen atoms in total. The van der Waals surface area contributed by atoms with Crippen molar-refractivity contribution in [2.24, 2.45) is 0 Å². The van der Waals surface area contributed by atoms with Gasteiger partial charge in [0, 0.05) is 10.0 Å². The maximum absolute atomic E-state index is 13.4. The predicted molar refractivity (Wildman–Crippen MR) is 54.1 cm³/mol. The van der Waals surface area contributed by atoms with Crippen molar-refractivity contribution in [2.45, 2.75) is 12.3 Å². The molecule has 0 aliphatic carbocycles. The second-order valence-electron chi connectivity index (χ2n) is 2.85. The van der Waals surface area contributed by atoms with Gasteiger partial charge in [0.1, 0.15) is 0 Å². The van der Waals surface area contributed by atoms with Gasteiger partial charge in [-0.15, -0.1) is 0 Å². The Morgan fingerprint density at radius 3 is 2.71 bits per heavy atom. The van der Waals surface area contributed by atoms with E-state index in [-0.39, 0.29) is 12.1 Å². The summed E-state index contributed by atoms with van der Waals surface area (Å²) in [6.07, 6.45) is -0.424. The molecule has 0 aliphatic rings. The van der Waals surface area contributed by atoms with Gasteiger partial charge in [-0.25, -0.2) is 15.4 Å². The second kappa shape index (κ2) is 4.52. The van der Waals surface area contributed by atoms with Gasteiger partial charge in [-0.2, -0.15) is 0 Å². The van der Waals surface area contributed by atoms with Crippen molar-refractivity contribution in [2.75, 3.05) is 6.54 Å². The quantitative estimate of drug-likeness (QED) is 0.727. The molecule has 1 rings (SSSR count). The van der Waals surface area contributed by atoms with Crippen LogP contribution in [-0.4, -0.2) is 6.54 Å². The Bertz CT molecular complexity index is 357. The Labute approximate surface area is 89.7 Å². The van der Waals surface area contributed by atoms with E-state index in [0.717, 1.165) is 0 Å². The SMILES string of the molecule is [C-]#[N+]CCC(F)(F)c1cccc(Br)c1. The maximum Gasteiger partial charge on any atom is 0.280 e. The fraction of sp³-hybridized carbons (Fsp3) is 0.300. The van der Waals surface area contributed by atoms with E-state index in [9.17, 15) is 8.78 Å². The lowest BCUT2D eigenvalue weighted by Gasteiger charge is -2.13. The van der Waals surface area contributed by atoms with Gasteiger partial charge in [0.25, 0.3) is 5.92 Å². The summed E-state index contributed by atoms with van der Waals surface area (Å²) in [4.78, 5) is 2.93. The highest BCUT2D eigenvalue weighted by Crippen LogP contribution is 2.32. The van der Waals surface area contributed by atoms with E-state index in [1.54, 1.807) is 12.1 Å². The van der Waals surface area contributed by atoms with Crippen molar-refractivity contribution in [3.63, 3.8) is 0 Å². The lowest BCUT2D eigenvalue weighted by molar-refractivity contribution is -0.00897. The van der Waals surface area contributed by atoms with E-state index in [1.807, 2.05) is 0 Å². The van der Waals surface area contributed by atoms with Gasteiger partial charge in [0.2, 0.25) is 6.54 Å². The Hall–Kier alpha value is -0.950. The highest BCUT2D eigenvalue weighted by atomic mass is 79.9. The van der Waals surface area contributed by atoms with Gasteiger partial charge in [-0.05, 0) is 12.1 Å². The smallest absolute Gasteiger partial charge is 0.280 e. The van der Waals surface area contributed by atoms with Gasteiger partial charge in [-0.1, -0.05) is 28.1 Å². The molecule has 0 heterocycles. The van der Waals surface area contributed by atoms with Crippen molar-refractivity contribution in [3.05, 3.63) is 45.7 Å². The lowest BCUT2D eigenvalue weighted by Crippen LogP contribution is -2.14. The molecule has 14 heavy (non-hydrogen) atoms. The van der Waals surface area contributed by atoms with Crippen molar-refractivity contribution >= 4 is 15.9 Å². The number of hydrogen-bond acceptors (Lipinski definition) is 0. The van der Waals surface area contributed by atoms with Crippen molar-refractivity contribution in [1.82, 2.24) is 0 Å². The number of hydrogen-bond donors (Lipinski definition) is 0. The first kappa shape index (κ1) is 11.1. The minimum absolute atomic E-state index is 0.0458. The molecule has 0 spiro atoms. The first-order valence-corrected chi connectivity index (χ1v) is 4.82. The first-order chi connectivity index (χ1) is 6.56. The molecule has 4 heteroatoms. The minimum Gasteiger partial charge on any atom is -0.317 e. The van der Waals surface area contributed by atoms with Crippen LogP contribution in [0.25, 0.3) is 4.85 Å². The van der Waals surface area contributed by atoms with E-state index in [0.29, 0.717) is 4.47 Å². The number of alkyl halides is 2. The third-order valence-electron chi connectivity index (χ3n) is 1.78. The number of halogens is 3. The molecule has 0 atom stereocenters. The normalized spacial score (nSPS) is 11.0. The largest absolute Gasteiger partial charge is 0.317 e. The van der Waals surface area contributed by atoms with E-state index in [4.69, 9.17) is 6.57 Å². The molecule has 0 bridgehead atoms. The monoisotopic (exact) mass is 259 g/mol. The van der Waals surface area contributed by atoms with Crippen LogP contribution in [0.2, 0.25) is 0 Å². The summed E-state index contributed by atoms with van der Waals surface area (Å²) in [7, 11) is 0. The van der Waals surface area contributed by atoms with Crippen LogP contribution < -0.4 is 0 Å². The second-order valence-corrected chi connectivity index (χ2v) is 3.76.